The third-order valence-corrected chi connectivity index (χ3v) is 0.437. The Balaban J connectivity index is -0.0000000800. The van der Waals surface area contributed by atoms with Crippen LogP contribution in [0.2, 0.25) is 0 Å². The number of hydrogen-bond acceptors (Lipinski definition) is 2. The standard InChI is InChI=1S/C2H3O2.Al.2H/c1-4-2-3;;;/h1H3;;;/q;+2;2*-1. The summed E-state index contributed by atoms with van der Waals surface area (Å²) in [4.78, 5) is 9.22. The number of hydrogen-bond donors (Lipinski definition) is 0. The molecule has 0 heterocycles. The fourth-order valence-corrected chi connectivity index (χ4v) is 0. The van der Waals surface area contributed by atoms with Gasteiger partial charge in [0, 0.05) is 0 Å². The molecule has 0 amide bonds. The smallest absolute Gasteiger partial charge is 1.00 e. The number of carbonyl (C=O) groups excluding carboxylic acids is 1. The van der Waals surface area contributed by atoms with Gasteiger partial charge in [0.25, 0.3) is 0 Å². The van der Waals surface area contributed by atoms with Gasteiger partial charge < -0.3 is 2.85 Å². The first-order chi connectivity index (χ1) is 2.27. The minimum Gasteiger partial charge on any atom is -1.00 e. The number of rotatable bonds is 0. The zero-order valence-corrected chi connectivity index (χ0v) is 4.05. The number of ether oxygens (including phenoxy) is 1. The summed E-state index contributed by atoms with van der Waals surface area (Å²) < 4.78 is 4.07. The SMILES string of the molecule is CO[C](=O)[Al+2].[H-].[H-]. The van der Waals surface area contributed by atoms with E-state index in [1.54, 1.807) is 0 Å². The van der Waals surface area contributed by atoms with Crippen LogP contribution in [0.15, 0.2) is 0 Å². The van der Waals surface area contributed by atoms with Crippen LogP contribution in [0, 0.1) is 0 Å². The van der Waals surface area contributed by atoms with Crippen LogP contribution in [0.25, 0.3) is 0 Å². The van der Waals surface area contributed by atoms with Gasteiger partial charge in [-0.2, -0.15) is 0 Å². The molecule has 0 radical (unpaired) electrons. The van der Waals surface area contributed by atoms with Gasteiger partial charge >= 0.3 is 37.8 Å². The van der Waals surface area contributed by atoms with Gasteiger partial charge in [0.15, 0.2) is 0 Å². The van der Waals surface area contributed by atoms with Gasteiger partial charge in [0.05, 0.1) is 0 Å². The van der Waals surface area contributed by atoms with E-state index < -0.39 is 0 Å². The Morgan fingerprint density at radius 2 is 2.40 bits per heavy atom. The third kappa shape index (κ3) is 4.00. The summed E-state index contributed by atoms with van der Waals surface area (Å²) in [6, 6.07) is 0. The number of carbonyl (C=O) groups is 1. The van der Waals surface area contributed by atoms with Crippen molar-refractivity contribution in [1.82, 2.24) is 0 Å². The van der Waals surface area contributed by atoms with Crippen molar-refractivity contribution < 1.29 is 12.4 Å². The Kier molecular flexibility index (Phi) is 2.25. The predicted octanol–water partition coefficient (Wildman–Crippen LogP) is 0.146. The molecule has 0 aromatic rings. The van der Waals surface area contributed by atoms with E-state index in [1.807, 2.05) is 16.3 Å². The Morgan fingerprint density at radius 1 is 2.20 bits per heavy atom. The Bertz CT molecular complexity index is 49.0. The topological polar surface area (TPSA) is 26.3 Å². The fraction of sp³-hybridized carbons (Fsp3) is 0.500. The number of methoxy groups -OCH3 is 1. The Morgan fingerprint density at radius 3 is 2.40 bits per heavy atom. The maximum atomic E-state index is 9.55. The van der Waals surface area contributed by atoms with Gasteiger partial charge in [-0.25, -0.2) is 0 Å². The van der Waals surface area contributed by atoms with Gasteiger partial charge in [-0.15, -0.1) is 0 Å². The van der Waals surface area contributed by atoms with Crippen molar-refractivity contribution in [3.8, 4) is 0 Å². The van der Waals surface area contributed by atoms with E-state index in [2.05, 4.69) is 4.74 Å². The van der Waals surface area contributed by atoms with E-state index in [0.29, 0.717) is 0 Å². The van der Waals surface area contributed by atoms with Crippen LogP contribution >= 0.6 is 0 Å². The summed E-state index contributed by atoms with van der Waals surface area (Å²) in [5, 5.41) is 0. The molecule has 5 heavy (non-hydrogen) atoms. The molecule has 2 nitrogen and oxygen atoms in total. The van der Waals surface area contributed by atoms with Crippen LogP contribution in [0.1, 0.15) is 2.85 Å². The van der Waals surface area contributed by atoms with Crippen LogP contribution in [-0.4, -0.2) is 28.2 Å². The van der Waals surface area contributed by atoms with E-state index in [9.17, 15) is 4.79 Å². The molecule has 0 atom stereocenters. The first-order valence-electron chi connectivity index (χ1n) is 1.11. The molecular formula is C2H5AlO2. The minimum atomic E-state index is -0.329. The quantitative estimate of drug-likeness (QED) is 0.394. The molecule has 0 saturated carbocycles. The summed E-state index contributed by atoms with van der Waals surface area (Å²) in [6.07, 6.45) is 0. The molecule has 0 aliphatic carbocycles. The van der Waals surface area contributed by atoms with E-state index in [-0.39, 0.29) is 7.68 Å². The van der Waals surface area contributed by atoms with Crippen molar-refractivity contribution in [2.75, 3.05) is 7.11 Å². The van der Waals surface area contributed by atoms with Crippen LogP contribution in [0.5, 0.6) is 0 Å². The van der Waals surface area contributed by atoms with E-state index in [1.165, 1.54) is 7.11 Å². The van der Waals surface area contributed by atoms with Gasteiger partial charge in [-0.1, -0.05) is 0 Å². The molecule has 0 aliphatic rings. The summed E-state index contributed by atoms with van der Waals surface area (Å²) in [7, 11) is 1.33. The molecule has 0 spiro atoms. The molecule has 0 saturated heterocycles. The largest absolute Gasteiger partial charge is 1.00 e. The molecule has 0 N–H and O–H groups in total. The molecule has 28 valence electrons. The summed E-state index contributed by atoms with van der Waals surface area (Å²) in [5.74, 6) is 0. The van der Waals surface area contributed by atoms with Crippen molar-refractivity contribution in [2.24, 2.45) is 0 Å². The van der Waals surface area contributed by atoms with Crippen LogP contribution in [0.4, 0.5) is 4.79 Å². The third-order valence-electron chi connectivity index (χ3n) is 0.201. The second-order valence-electron chi connectivity index (χ2n) is 0.523. The minimum absolute atomic E-state index is 0. The van der Waals surface area contributed by atoms with Crippen molar-refractivity contribution in [3.05, 3.63) is 0 Å². The Labute approximate surface area is 41.5 Å². The van der Waals surface area contributed by atoms with Crippen LogP contribution in [0.3, 0.4) is 0 Å². The van der Waals surface area contributed by atoms with E-state index in [4.69, 9.17) is 0 Å². The maximum absolute atomic E-state index is 9.55. The predicted molar refractivity (Wildman–Crippen MR) is 20.4 cm³/mol. The summed E-state index contributed by atoms with van der Waals surface area (Å²) in [5.41, 5.74) is 0. The first-order valence-corrected chi connectivity index (χ1v) is 1.68. The molecule has 0 aliphatic heterocycles. The normalized spacial score (nSPS) is 7.00. The average molecular weight is 88.0 g/mol. The average Bonchev–Trinajstić information content (AvgIpc) is 1.38. The molecule has 0 rings (SSSR count). The first kappa shape index (κ1) is 5.00. The second kappa shape index (κ2) is 2.25. The molecular weight excluding hydrogens is 83.0 g/mol. The molecule has 0 unspecified atom stereocenters. The molecule has 0 aromatic heterocycles. The maximum Gasteiger partial charge on any atom is -1.00 e. The monoisotopic (exact) mass is 88.0 g/mol. The van der Waals surface area contributed by atoms with Crippen molar-refractivity contribution in [2.45, 2.75) is 0 Å². The van der Waals surface area contributed by atoms with E-state index >= 15 is 0 Å². The van der Waals surface area contributed by atoms with Gasteiger partial charge in [-0.05, 0) is 0 Å². The molecule has 0 fully saturated rings. The van der Waals surface area contributed by atoms with Crippen molar-refractivity contribution >= 4 is 21.1 Å². The Hall–Kier alpha value is 0.00247. The summed E-state index contributed by atoms with van der Waals surface area (Å²) in [6.45, 7) is 0. The molecule has 0 bridgehead atoms. The van der Waals surface area contributed by atoms with Gasteiger partial charge in [0.1, 0.15) is 0 Å². The van der Waals surface area contributed by atoms with Crippen LogP contribution in [-0.2, 0) is 4.74 Å². The van der Waals surface area contributed by atoms with Gasteiger partial charge in [-0.3, -0.25) is 0 Å². The zero-order valence-electron chi connectivity index (χ0n) is 4.89. The van der Waals surface area contributed by atoms with Gasteiger partial charge in [0.2, 0.25) is 0 Å². The molecule has 3 heteroatoms. The molecule has 0 aromatic carbocycles. The fourth-order valence-electron chi connectivity index (χ4n) is 0. The zero-order chi connectivity index (χ0) is 4.28. The second-order valence-corrected chi connectivity index (χ2v) is 0.995. The summed E-state index contributed by atoms with van der Waals surface area (Å²) >= 11 is 1.87. The van der Waals surface area contributed by atoms with Crippen LogP contribution < -0.4 is 0 Å². The van der Waals surface area contributed by atoms with Crippen molar-refractivity contribution in [3.63, 3.8) is 0 Å². The van der Waals surface area contributed by atoms with E-state index in [0.717, 1.165) is 0 Å². The van der Waals surface area contributed by atoms with Crippen molar-refractivity contribution in [1.29, 1.82) is 0 Å².